The molecule has 0 atom stereocenters. The summed E-state index contributed by atoms with van der Waals surface area (Å²) in [6.07, 6.45) is 5.19. The predicted octanol–water partition coefficient (Wildman–Crippen LogP) is 3.03. The average Bonchev–Trinajstić information content (AvgIpc) is 2.05. The maximum Gasteiger partial charge on any atom is 0.503 e. The smallest absolute Gasteiger partial charge is 0.450 e. The molecule has 0 heterocycles. The number of rotatable bonds is 1. The third-order valence-electron chi connectivity index (χ3n) is 1.94. The van der Waals surface area contributed by atoms with Gasteiger partial charge < -0.3 is 10.2 Å². The van der Waals surface area contributed by atoms with Crippen molar-refractivity contribution in [2.45, 2.75) is 32.1 Å². The van der Waals surface area contributed by atoms with Crippen LogP contribution in [0.25, 0.3) is 0 Å². The molecule has 2 N–H and O–H groups in total. The molecule has 0 aliphatic heterocycles. The van der Waals surface area contributed by atoms with Gasteiger partial charge in [-0.2, -0.15) is 0 Å². The summed E-state index contributed by atoms with van der Waals surface area (Å²) in [5.74, 6) is 1.74. The number of hydrogen-bond donors (Lipinski definition) is 2. The topological polar surface area (TPSA) is 57.5 Å². The Balaban J connectivity index is 0.000000261. The molecule has 0 aromatic heterocycles. The molecule has 1 saturated carbocycles. The van der Waals surface area contributed by atoms with Gasteiger partial charge in [0, 0.05) is 5.88 Å². The van der Waals surface area contributed by atoms with Crippen molar-refractivity contribution in [1.29, 1.82) is 0 Å². The van der Waals surface area contributed by atoms with Crippen LogP contribution in [0.3, 0.4) is 0 Å². The van der Waals surface area contributed by atoms with Crippen LogP contribution >= 0.6 is 11.6 Å². The molecule has 1 aliphatic carbocycles. The van der Waals surface area contributed by atoms with Gasteiger partial charge in [0.05, 0.1) is 0 Å². The van der Waals surface area contributed by atoms with E-state index in [2.05, 4.69) is 0 Å². The average molecular weight is 195 g/mol. The fourth-order valence-electron chi connectivity index (χ4n) is 1.34. The van der Waals surface area contributed by atoms with Crippen LogP contribution in [0, 0.1) is 5.92 Å². The summed E-state index contributed by atoms with van der Waals surface area (Å²) in [7, 11) is 0. The molecule has 0 unspecified atom stereocenters. The third-order valence-corrected chi connectivity index (χ3v) is 2.38. The standard InChI is InChI=1S/C7H13Cl.CH2O3/c8-6-7-4-2-1-3-5-7;2-1(3)4/h7H,1-6H2;(H2,2,3,4). The maximum absolute atomic E-state index is 8.56. The molecule has 0 radical (unpaired) electrons. The summed E-state index contributed by atoms with van der Waals surface area (Å²) in [6.45, 7) is 0. The Hall–Kier alpha value is -0.440. The summed E-state index contributed by atoms with van der Waals surface area (Å²) >= 11 is 5.68. The first-order valence-corrected chi connectivity index (χ1v) is 4.68. The van der Waals surface area contributed by atoms with Crippen LogP contribution in [0.4, 0.5) is 4.79 Å². The molecule has 0 spiro atoms. The molecule has 12 heavy (non-hydrogen) atoms. The Bertz CT molecular complexity index is 117. The number of hydrogen-bond acceptors (Lipinski definition) is 1. The van der Waals surface area contributed by atoms with Crippen LogP contribution in [-0.2, 0) is 0 Å². The van der Waals surface area contributed by atoms with E-state index in [9.17, 15) is 0 Å². The monoisotopic (exact) mass is 194 g/mol. The Morgan fingerprint density at radius 2 is 1.67 bits per heavy atom. The summed E-state index contributed by atoms with van der Waals surface area (Å²) in [5.41, 5.74) is 0. The molecule has 3 nitrogen and oxygen atoms in total. The number of alkyl halides is 1. The summed E-state index contributed by atoms with van der Waals surface area (Å²) in [6, 6.07) is 0. The lowest BCUT2D eigenvalue weighted by Crippen LogP contribution is -2.06. The Kier molecular flexibility index (Phi) is 6.96. The zero-order chi connectivity index (χ0) is 9.40. The zero-order valence-corrected chi connectivity index (χ0v) is 7.76. The van der Waals surface area contributed by atoms with Crippen LogP contribution in [0.15, 0.2) is 0 Å². The van der Waals surface area contributed by atoms with Crippen molar-refractivity contribution in [3.05, 3.63) is 0 Å². The lowest BCUT2D eigenvalue weighted by molar-refractivity contribution is 0.137. The van der Waals surface area contributed by atoms with Gasteiger partial charge in [-0.25, -0.2) is 4.79 Å². The molecule has 0 aromatic rings. The minimum Gasteiger partial charge on any atom is -0.450 e. The van der Waals surface area contributed by atoms with Crippen LogP contribution in [0.1, 0.15) is 32.1 Å². The normalized spacial score (nSPS) is 17.8. The number of carboxylic acid groups (broad SMARTS) is 2. The first-order valence-electron chi connectivity index (χ1n) is 4.14. The SMILES string of the molecule is ClCC1CCCCC1.O=C(O)O. The molecular formula is C8H15ClO3. The number of halogens is 1. The highest BCUT2D eigenvalue weighted by Crippen LogP contribution is 2.23. The van der Waals surface area contributed by atoms with E-state index in [0.29, 0.717) is 0 Å². The van der Waals surface area contributed by atoms with Crippen molar-refractivity contribution in [2.24, 2.45) is 5.92 Å². The van der Waals surface area contributed by atoms with Gasteiger partial charge in [-0.15, -0.1) is 11.6 Å². The second-order valence-corrected chi connectivity index (χ2v) is 3.25. The van der Waals surface area contributed by atoms with Gasteiger partial charge in [0.2, 0.25) is 0 Å². The lowest BCUT2D eigenvalue weighted by Gasteiger charge is -2.17. The van der Waals surface area contributed by atoms with Crippen LogP contribution < -0.4 is 0 Å². The Morgan fingerprint density at radius 3 is 1.92 bits per heavy atom. The first-order chi connectivity index (χ1) is 5.66. The van der Waals surface area contributed by atoms with Gasteiger partial charge in [0.1, 0.15) is 0 Å². The van der Waals surface area contributed by atoms with Gasteiger partial charge in [0.15, 0.2) is 0 Å². The minimum absolute atomic E-state index is 0.852. The van der Waals surface area contributed by atoms with E-state index in [1.54, 1.807) is 0 Å². The number of carbonyl (C=O) groups is 1. The molecule has 1 rings (SSSR count). The van der Waals surface area contributed by atoms with E-state index < -0.39 is 6.16 Å². The van der Waals surface area contributed by atoms with Crippen LogP contribution in [-0.4, -0.2) is 22.2 Å². The quantitative estimate of drug-likeness (QED) is 0.631. The van der Waals surface area contributed by atoms with Gasteiger partial charge in [-0.3, -0.25) is 0 Å². The molecule has 0 bridgehead atoms. The molecule has 72 valence electrons. The van der Waals surface area contributed by atoms with Crippen molar-refractivity contribution >= 4 is 17.8 Å². The van der Waals surface area contributed by atoms with Gasteiger partial charge >= 0.3 is 6.16 Å². The van der Waals surface area contributed by atoms with Crippen LogP contribution in [0.2, 0.25) is 0 Å². The Labute approximate surface area is 77.3 Å². The molecule has 0 saturated heterocycles. The van der Waals surface area contributed by atoms with Crippen molar-refractivity contribution in [2.75, 3.05) is 5.88 Å². The van der Waals surface area contributed by atoms with E-state index in [4.69, 9.17) is 26.6 Å². The third kappa shape index (κ3) is 7.66. The van der Waals surface area contributed by atoms with Gasteiger partial charge in [-0.05, 0) is 18.8 Å². The summed E-state index contributed by atoms with van der Waals surface area (Å²) < 4.78 is 0. The van der Waals surface area contributed by atoms with Crippen molar-refractivity contribution in [3.8, 4) is 0 Å². The highest BCUT2D eigenvalue weighted by molar-refractivity contribution is 6.18. The fraction of sp³-hybridized carbons (Fsp3) is 0.875. The Morgan fingerprint density at radius 1 is 1.25 bits per heavy atom. The fourth-order valence-corrected chi connectivity index (χ4v) is 1.65. The lowest BCUT2D eigenvalue weighted by atomic mass is 9.91. The molecule has 1 fully saturated rings. The molecular weight excluding hydrogens is 180 g/mol. The second-order valence-electron chi connectivity index (χ2n) is 2.94. The van der Waals surface area contributed by atoms with E-state index in [1.165, 1.54) is 32.1 Å². The predicted molar refractivity (Wildman–Crippen MR) is 47.9 cm³/mol. The second kappa shape index (κ2) is 7.22. The van der Waals surface area contributed by atoms with E-state index in [-0.39, 0.29) is 0 Å². The molecule has 4 heteroatoms. The maximum atomic E-state index is 8.56. The highest BCUT2D eigenvalue weighted by Gasteiger charge is 2.10. The zero-order valence-electron chi connectivity index (χ0n) is 7.00. The van der Waals surface area contributed by atoms with E-state index in [0.717, 1.165) is 11.8 Å². The largest absolute Gasteiger partial charge is 0.503 e. The molecule has 0 aromatic carbocycles. The van der Waals surface area contributed by atoms with E-state index in [1.807, 2.05) is 0 Å². The summed E-state index contributed by atoms with van der Waals surface area (Å²) in [5, 5.41) is 13.9. The van der Waals surface area contributed by atoms with E-state index >= 15 is 0 Å². The van der Waals surface area contributed by atoms with Crippen molar-refractivity contribution < 1.29 is 15.0 Å². The van der Waals surface area contributed by atoms with Crippen LogP contribution in [0.5, 0.6) is 0 Å². The van der Waals surface area contributed by atoms with Crippen molar-refractivity contribution in [3.63, 3.8) is 0 Å². The molecule has 1 aliphatic rings. The first kappa shape index (κ1) is 11.6. The highest BCUT2D eigenvalue weighted by atomic mass is 35.5. The van der Waals surface area contributed by atoms with Gasteiger partial charge in [-0.1, -0.05) is 19.3 Å². The van der Waals surface area contributed by atoms with Crippen molar-refractivity contribution in [1.82, 2.24) is 0 Å². The summed E-state index contributed by atoms with van der Waals surface area (Å²) in [4.78, 5) is 8.56. The minimum atomic E-state index is -1.83. The van der Waals surface area contributed by atoms with Gasteiger partial charge in [0.25, 0.3) is 0 Å². The molecule has 0 amide bonds.